The highest BCUT2D eigenvalue weighted by Crippen LogP contribution is 2.20. The summed E-state index contributed by atoms with van der Waals surface area (Å²) >= 11 is 0. The normalized spacial score (nSPS) is 10.5. The molecule has 0 aliphatic rings. The van der Waals surface area contributed by atoms with Gasteiger partial charge in [-0.25, -0.2) is 4.39 Å². The van der Waals surface area contributed by atoms with Gasteiger partial charge in [-0.3, -0.25) is 9.78 Å². The molecule has 0 fully saturated rings. The number of halogens is 1. The number of ether oxygens (including phenoxy) is 1. The molecule has 0 saturated heterocycles. The van der Waals surface area contributed by atoms with Crippen molar-refractivity contribution in [2.24, 2.45) is 0 Å². The number of amides is 1. The second-order valence-corrected chi connectivity index (χ2v) is 5.45. The largest absolute Gasteiger partial charge is 0.494 e. The van der Waals surface area contributed by atoms with Crippen LogP contribution in [0.3, 0.4) is 0 Å². The van der Waals surface area contributed by atoms with Crippen LogP contribution in [-0.2, 0) is 13.1 Å². The van der Waals surface area contributed by atoms with Crippen LogP contribution in [-0.4, -0.2) is 22.9 Å². The summed E-state index contributed by atoms with van der Waals surface area (Å²) in [6, 6.07) is 11.4. The van der Waals surface area contributed by atoms with E-state index in [1.165, 1.54) is 19.2 Å². The van der Waals surface area contributed by atoms with E-state index in [1.807, 2.05) is 6.07 Å². The van der Waals surface area contributed by atoms with E-state index in [1.54, 1.807) is 47.8 Å². The zero-order valence-corrected chi connectivity index (χ0v) is 13.7. The van der Waals surface area contributed by atoms with E-state index in [-0.39, 0.29) is 23.8 Å². The van der Waals surface area contributed by atoms with E-state index in [9.17, 15) is 9.18 Å². The van der Waals surface area contributed by atoms with Crippen LogP contribution >= 0.6 is 0 Å². The molecule has 0 bridgehead atoms. The van der Waals surface area contributed by atoms with Gasteiger partial charge in [0, 0.05) is 24.5 Å². The van der Waals surface area contributed by atoms with E-state index < -0.39 is 5.82 Å². The molecule has 0 unspecified atom stereocenters. The van der Waals surface area contributed by atoms with Crippen molar-refractivity contribution in [3.63, 3.8) is 0 Å². The summed E-state index contributed by atoms with van der Waals surface area (Å²) in [7, 11) is 1.38. The Balaban J connectivity index is 1.87. The van der Waals surface area contributed by atoms with Crippen molar-refractivity contribution < 1.29 is 18.3 Å². The van der Waals surface area contributed by atoms with E-state index in [2.05, 4.69) is 4.98 Å². The van der Waals surface area contributed by atoms with Crippen LogP contribution in [0.5, 0.6) is 5.75 Å². The summed E-state index contributed by atoms with van der Waals surface area (Å²) in [6.07, 6.45) is 4.91. The Morgan fingerprint density at radius 3 is 2.76 bits per heavy atom. The van der Waals surface area contributed by atoms with Crippen molar-refractivity contribution >= 4 is 5.91 Å². The van der Waals surface area contributed by atoms with Crippen molar-refractivity contribution in [2.45, 2.75) is 13.1 Å². The molecule has 0 saturated carbocycles. The van der Waals surface area contributed by atoms with Gasteiger partial charge in [0.15, 0.2) is 11.6 Å². The number of nitrogens with zero attached hydrogens (tertiary/aromatic N) is 2. The van der Waals surface area contributed by atoms with E-state index >= 15 is 0 Å². The summed E-state index contributed by atoms with van der Waals surface area (Å²) in [4.78, 5) is 18.5. The molecule has 0 aliphatic carbocycles. The fourth-order valence-electron chi connectivity index (χ4n) is 2.48. The number of furan rings is 1. The lowest BCUT2D eigenvalue weighted by Crippen LogP contribution is -2.30. The van der Waals surface area contributed by atoms with Gasteiger partial charge >= 0.3 is 0 Å². The Morgan fingerprint density at radius 2 is 2.12 bits per heavy atom. The van der Waals surface area contributed by atoms with Crippen LogP contribution < -0.4 is 4.74 Å². The topological polar surface area (TPSA) is 55.6 Å². The lowest BCUT2D eigenvalue weighted by Gasteiger charge is -2.22. The van der Waals surface area contributed by atoms with E-state index in [0.717, 1.165) is 5.56 Å². The maximum Gasteiger partial charge on any atom is 0.254 e. The SMILES string of the molecule is COc1ccc(C(=O)N(Cc2cccnc2)Cc2ccco2)cc1F. The lowest BCUT2D eigenvalue weighted by molar-refractivity contribution is 0.0717. The minimum atomic E-state index is -0.576. The Morgan fingerprint density at radius 1 is 1.24 bits per heavy atom. The zero-order valence-electron chi connectivity index (χ0n) is 13.7. The average Bonchev–Trinajstić information content (AvgIpc) is 3.14. The van der Waals surface area contributed by atoms with Crippen molar-refractivity contribution in [1.82, 2.24) is 9.88 Å². The Hall–Kier alpha value is -3.15. The lowest BCUT2D eigenvalue weighted by atomic mass is 10.1. The maximum absolute atomic E-state index is 14.0. The molecule has 3 aromatic rings. The molecule has 1 aromatic carbocycles. The number of hydrogen-bond donors (Lipinski definition) is 0. The third kappa shape index (κ3) is 4.03. The molecule has 3 rings (SSSR count). The fourth-order valence-corrected chi connectivity index (χ4v) is 2.48. The van der Waals surface area contributed by atoms with Gasteiger partial charge in [0.05, 0.1) is 19.9 Å². The smallest absolute Gasteiger partial charge is 0.254 e. The van der Waals surface area contributed by atoms with Gasteiger partial charge in [-0.2, -0.15) is 0 Å². The third-order valence-electron chi connectivity index (χ3n) is 3.71. The highest BCUT2D eigenvalue weighted by atomic mass is 19.1. The number of carbonyl (C=O) groups is 1. The molecule has 2 aromatic heterocycles. The monoisotopic (exact) mass is 340 g/mol. The maximum atomic E-state index is 14.0. The summed E-state index contributed by atoms with van der Waals surface area (Å²) < 4.78 is 24.2. The molecule has 0 aliphatic heterocycles. The predicted octanol–water partition coefficient (Wildman–Crippen LogP) is 3.66. The van der Waals surface area contributed by atoms with Gasteiger partial charge in [0.1, 0.15) is 5.76 Å². The third-order valence-corrected chi connectivity index (χ3v) is 3.71. The molecule has 6 heteroatoms. The van der Waals surface area contributed by atoms with Crippen molar-refractivity contribution in [2.75, 3.05) is 7.11 Å². The molecule has 5 nitrogen and oxygen atoms in total. The van der Waals surface area contributed by atoms with Crippen LogP contribution in [0.1, 0.15) is 21.7 Å². The molecular formula is C19H17FN2O3. The quantitative estimate of drug-likeness (QED) is 0.687. The first-order valence-corrected chi connectivity index (χ1v) is 7.71. The predicted molar refractivity (Wildman–Crippen MR) is 89.5 cm³/mol. The van der Waals surface area contributed by atoms with Crippen molar-refractivity contribution in [3.05, 3.63) is 83.8 Å². The number of pyridine rings is 1. The minimum Gasteiger partial charge on any atom is -0.494 e. The zero-order chi connectivity index (χ0) is 17.6. The van der Waals surface area contributed by atoms with Crippen LogP contribution in [0, 0.1) is 5.82 Å². The molecule has 1 amide bonds. The van der Waals surface area contributed by atoms with Gasteiger partial charge in [-0.15, -0.1) is 0 Å². The summed E-state index contributed by atoms with van der Waals surface area (Å²) in [5.74, 6) is -0.137. The first-order valence-electron chi connectivity index (χ1n) is 7.71. The fraction of sp³-hybridized carbons (Fsp3) is 0.158. The number of aromatic nitrogens is 1. The van der Waals surface area contributed by atoms with Crippen LogP contribution in [0.4, 0.5) is 4.39 Å². The van der Waals surface area contributed by atoms with Gasteiger partial charge < -0.3 is 14.1 Å². The molecule has 0 radical (unpaired) electrons. The second kappa shape index (κ2) is 7.61. The number of rotatable bonds is 6. The number of benzene rings is 1. The summed E-state index contributed by atoms with van der Waals surface area (Å²) in [5.41, 5.74) is 1.12. The highest BCUT2D eigenvalue weighted by molar-refractivity contribution is 5.94. The molecule has 0 spiro atoms. The molecule has 0 atom stereocenters. The van der Waals surface area contributed by atoms with Gasteiger partial charge in [-0.05, 0) is 42.0 Å². The highest BCUT2D eigenvalue weighted by Gasteiger charge is 2.19. The molecular weight excluding hydrogens is 323 g/mol. The minimum absolute atomic E-state index is 0.0985. The standard InChI is InChI=1S/C19H17FN2O3/c1-24-18-7-6-15(10-17(18)20)19(23)22(13-16-5-3-9-25-16)12-14-4-2-8-21-11-14/h2-11H,12-13H2,1H3. The number of carbonyl (C=O) groups excluding carboxylic acids is 1. The molecule has 25 heavy (non-hydrogen) atoms. The Bertz CT molecular complexity index is 835. The summed E-state index contributed by atoms with van der Waals surface area (Å²) in [6.45, 7) is 0.607. The molecule has 0 N–H and O–H groups in total. The van der Waals surface area contributed by atoms with Gasteiger partial charge in [0.25, 0.3) is 5.91 Å². The second-order valence-electron chi connectivity index (χ2n) is 5.45. The van der Waals surface area contributed by atoms with Crippen molar-refractivity contribution in [3.8, 4) is 5.75 Å². The Kier molecular flexibility index (Phi) is 5.09. The first-order chi connectivity index (χ1) is 12.2. The number of methoxy groups -OCH3 is 1. The average molecular weight is 340 g/mol. The van der Waals surface area contributed by atoms with Crippen LogP contribution in [0.25, 0.3) is 0 Å². The molecule has 2 heterocycles. The molecule has 128 valence electrons. The van der Waals surface area contributed by atoms with E-state index in [4.69, 9.17) is 9.15 Å². The number of hydrogen-bond acceptors (Lipinski definition) is 4. The van der Waals surface area contributed by atoms with E-state index in [0.29, 0.717) is 12.3 Å². The van der Waals surface area contributed by atoms with Crippen LogP contribution in [0.2, 0.25) is 0 Å². The van der Waals surface area contributed by atoms with Crippen molar-refractivity contribution in [1.29, 1.82) is 0 Å². The van der Waals surface area contributed by atoms with Gasteiger partial charge in [0.2, 0.25) is 0 Å². The van der Waals surface area contributed by atoms with Gasteiger partial charge in [-0.1, -0.05) is 6.07 Å². The van der Waals surface area contributed by atoms with Crippen LogP contribution in [0.15, 0.2) is 65.5 Å². The summed E-state index contributed by atoms with van der Waals surface area (Å²) in [5, 5.41) is 0. The first kappa shape index (κ1) is 16.7. The Labute approximate surface area is 144 Å².